The van der Waals surface area contributed by atoms with Gasteiger partial charge in [-0.1, -0.05) is 0 Å². The SMILES string of the molecule is CCN(CC)c1nc2cc(OC)ccc2cc1CC#N. The molecule has 0 fully saturated rings. The van der Waals surface area contributed by atoms with Crippen LogP contribution in [0.5, 0.6) is 5.75 Å². The van der Waals surface area contributed by atoms with Gasteiger partial charge < -0.3 is 9.64 Å². The first-order valence-electron chi connectivity index (χ1n) is 6.83. The number of anilines is 1. The van der Waals surface area contributed by atoms with Crippen LogP contribution in [0.4, 0.5) is 5.82 Å². The summed E-state index contributed by atoms with van der Waals surface area (Å²) in [5, 5.41) is 10.0. The summed E-state index contributed by atoms with van der Waals surface area (Å²) in [4.78, 5) is 6.91. The van der Waals surface area contributed by atoms with Crippen molar-refractivity contribution in [3.05, 3.63) is 29.8 Å². The van der Waals surface area contributed by atoms with E-state index < -0.39 is 0 Å². The molecule has 0 aliphatic carbocycles. The molecule has 4 heteroatoms. The van der Waals surface area contributed by atoms with Crippen LogP contribution in [0.25, 0.3) is 10.9 Å². The molecule has 1 heterocycles. The molecule has 0 amide bonds. The molecule has 0 unspecified atom stereocenters. The third kappa shape index (κ3) is 2.67. The summed E-state index contributed by atoms with van der Waals surface area (Å²) in [5.74, 6) is 1.70. The zero-order valence-electron chi connectivity index (χ0n) is 12.2. The van der Waals surface area contributed by atoms with Crippen LogP contribution in [0.2, 0.25) is 0 Å². The summed E-state index contributed by atoms with van der Waals surface area (Å²) in [7, 11) is 1.65. The van der Waals surface area contributed by atoms with Crippen LogP contribution in [0.15, 0.2) is 24.3 Å². The number of aromatic nitrogens is 1. The summed E-state index contributed by atoms with van der Waals surface area (Å²) in [6.45, 7) is 5.93. The minimum Gasteiger partial charge on any atom is -0.497 e. The van der Waals surface area contributed by atoms with Gasteiger partial charge in [-0.3, -0.25) is 0 Å². The first kappa shape index (κ1) is 14.1. The highest BCUT2D eigenvalue weighted by Gasteiger charge is 2.12. The van der Waals surface area contributed by atoms with E-state index in [2.05, 4.69) is 30.9 Å². The van der Waals surface area contributed by atoms with Crippen molar-refractivity contribution < 1.29 is 4.74 Å². The topological polar surface area (TPSA) is 49.2 Å². The molecule has 0 saturated heterocycles. The second-order valence-corrected chi connectivity index (χ2v) is 4.54. The molecule has 0 aliphatic rings. The van der Waals surface area contributed by atoms with E-state index in [9.17, 15) is 0 Å². The zero-order chi connectivity index (χ0) is 14.5. The highest BCUT2D eigenvalue weighted by Crippen LogP contribution is 2.26. The fraction of sp³-hybridized carbons (Fsp3) is 0.375. The molecule has 104 valence electrons. The quantitative estimate of drug-likeness (QED) is 0.836. The maximum Gasteiger partial charge on any atom is 0.133 e. The number of nitriles is 1. The number of pyridine rings is 1. The summed E-state index contributed by atoms with van der Waals surface area (Å²) in [6, 6.07) is 10.1. The lowest BCUT2D eigenvalue weighted by Gasteiger charge is -2.22. The van der Waals surface area contributed by atoms with E-state index in [1.165, 1.54) is 0 Å². The Morgan fingerprint density at radius 1 is 1.25 bits per heavy atom. The standard InChI is InChI=1S/C16H19N3O/c1-4-19(5-2)16-13(8-9-17)10-12-6-7-14(20-3)11-15(12)18-16/h6-7,10-11H,4-5,8H2,1-3H3. The Morgan fingerprint density at radius 2 is 2.00 bits per heavy atom. The molecule has 0 N–H and O–H groups in total. The first-order valence-corrected chi connectivity index (χ1v) is 6.83. The van der Waals surface area contributed by atoms with Gasteiger partial charge in [0.05, 0.1) is 25.1 Å². The Kier molecular flexibility index (Phi) is 4.41. The molecule has 2 rings (SSSR count). The predicted octanol–water partition coefficient (Wildman–Crippen LogP) is 3.16. The van der Waals surface area contributed by atoms with Crippen molar-refractivity contribution in [2.75, 3.05) is 25.1 Å². The van der Waals surface area contributed by atoms with Crippen LogP contribution < -0.4 is 9.64 Å². The van der Waals surface area contributed by atoms with Crippen molar-refractivity contribution in [1.82, 2.24) is 4.98 Å². The summed E-state index contributed by atoms with van der Waals surface area (Å²) < 4.78 is 5.25. The minimum atomic E-state index is 0.376. The molecular weight excluding hydrogens is 250 g/mol. The Bertz CT molecular complexity index is 642. The molecule has 1 aromatic carbocycles. The van der Waals surface area contributed by atoms with Crippen molar-refractivity contribution in [2.45, 2.75) is 20.3 Å². The number of fused-ring (bicyclic) bond motifs is 1. The third-order valence-corrected chi connectivity index (χ3v) is 3.41. The van der Waals surface area contributed by atoms with E-state index in [0.29, 0.717) is 6.42 Å². The van der Waals surface area contributed by atoms with Crippen LogP contribution in [0.3, 0.4) is 0 Å². The van der Waals surface area contributed by atoms with Crippen molar-refractivity contribution >= 4 is 16.7 Å². The lowest BCUT2D eigenvalue weighted by molar-refractivity contribution is 0.415. The van der Waals surface area contributed by atoms with Gasteiger partial charge in [-0.25, -0.2) is 4.98 Å². The monoisotopic (exact) mass is 269 g/mol. The summed E-state index contributed by atoms with van der Waals surface area (Å²) in [5.41, 5.74) is 1.88. The average molecular weight is 269 g/mol. The number of ether oxygens (including phenoxy) is 1. The van der Waals surface area contributed by atoms with E-state index in [1.54, 1.807) is 7.11 Å². The van der Waals surface area contributed by atoms with E-state index in [4.69, 9.17) is 15.0 Å². The van der Waals surface area contributed by atoms with Crippen molar-refractivity contribution in [3.8, 4) is 11.8 Å². The highest BCUT2D eigenvalue weighted by atomic mass is 16.5. The second-order valence-electron chi connectivity index (χ2n) is 4.54. The molecule has 20 heavy (non-hydrogen) atoms. The molecule has 4 nitrogen and oxygen atoms in total. The molecule has 0 aliphatic heterocycles. The van der Waals surface area contributed by atoms with Gasteiger partial charge >= 0.3 is 0 Å². The fourth-order valence-corrected chi connectivity index (χ4v) is 2.32. The normalized spacial score (nSPS) is 10.3. The van der Waals surface area contributed by atoms with Crippen LogP contribution in [-0.2, 0) is 6.42 Å². The van der Waals surface area contributed by atoms with Crippen LogP contribution in [-0.4, -0.2) is 25.2 Å². The maximum atomic E-state index is 9.01. The molecule has 2 aromatic rings. The van der Waals surface area contributed by atoms with Gasteiger partial charge in [0, 0.05) is 30.1 Å². The van der Waals surface area contributed by atoms with Gasteiger partial charge in [0.2, 0.25) is 0 Å². The van der Waals surface area contributed by atoms with Crippen LogP contribution in [0, 0.1) is 11.3 Å². The van der Waals surface area contributed by atoms with Gasteiger partial charge in [0.1, 0.15) is 11.6 Å². The largest absolute Gasteiger partial charge is 0.497 e. The van der Waals surface area contributed by atoms with E-state index in [1.807, 2.05) is 18.2 Å². The molecule has 0 atom stereocenters. The first-order chi connectivity index (χ1) is 9.73. The van der Waals surface area contributed by atoms with Gasteiger partial charge in [0.15, 0.2) is 0 Å². The second kappa shape index (κ2) is 6.25. The molecule has 0 spiro atoms. The summed E-state index contributed by atoms with van der Waals surface area (Å²) >= 11 is 0. The van der Waals surface area contributed by atoms with E-state index in [0.717, 1.165) is 41.1 Å². The van der Waals surface area contributed by atoms with Crippen molar-refractivity contribution in [2.24, 2.45) is 0 Å². The Labute approximate surface area is 119 Å². The highest BCUT2D eigenvalue weighted by molar-refractivity contribution is 5.83. The number of hydrogen-bond donors (Lipinski definition) is 0. The minimum absolute atomic E-state index is 0.376. The van der Waals surface area contributed by atoms with Gasteiger partial charge in [-0.15, -0.1) is 0 Å². The number of hydrogen-bond acceptors (Lipinski definition) is 4. The molecule has 1 aromatic heterocycles. The zero-order valence-corrected chi connectivity index (χ0v) is 12.2. The maximum absolute atomic E-state index is 9.01. The fourth-order valence-electron chi connectivity index (χ4n) is 2.32. The molecular formula is C16H19N3O. The third-order valence-electron chi connectivity index (χ3n) is 3.41. The van der Waals surface area contributed by atoms with Crippen LogP contribution in [0.1, 0.15) is 19.4 Å². The number of methoxy groups -OCH3 is 1. The lowest BCUT2D eigenvalue weighted by atomic mass is 10.1. The molecule has 0 radical (unpaired) electrons. The number of nitrogens with zero attached hydrogens (tertiary/aromatic N) is 3. The van der Waals surface area contributed by atoms with Gasteiger partial charge in [-0.2, -0.15) is 5.26 Å². The van der Waals surface area contributed by atoms with E-state index >= 15 is 0 Å². The van der Waals surface area contributed by atoms with Crippen molar-refractivity contribution in [3.63, 3.8) is 0 Å². The predicted molar refractivity (Wildman–Crippen MR) is 81.2 cm³/mol. The van der Waals surface area contributed by atoms with Gasteiger partial charge in [0.25, 0.3) is 0 Å². The number of rotatable bonds is 5. The molecule has 0 saturated carbocycles. The molecule has 0 bridgehead atoms. The van der Waals surface area contributed by atoms with Gasteiger partial charge in [-0.05, 0) is 32.0 Å². The number of benzene rings is 1. The Hall–Kier alpha value is -2.28. The average Bonchev–Trinajstić information content (AvgIpc) is 2.48. The smallest absolute Gasteiger partial charge is 0.133 e. The van der Waals surface area contributed by atoms with Crippen LogP contribution >= 0.6 is 0 Å². The Balaban J connectivity index is 2.62. The van der Waals surface area contributed by atoms with Crippen molar-refractivity contribution in [1.29, 1.82) is 5.26 Å². The van der Waals surface area contributed by atoms with E-state index in [-0.39, 0.29) is 0 Å². The Morgan fingerprint density at radius 3 is 2.60 bits per heavy atom. The lowest BCUT2D eigenvalue weighted by Crippen LogP contribution is -2.24. The summed E-state index contributed by atoms with van der Waals surface area (Å²) in [6.07, 6.45) is 0.376.